The predicted octanol–water partition coefficient (Wildman–Crippen LogP) is 3.76. The Labute approximate surface area is 158 Å². The Bertz CT molecular complexity index is 1050. The highest BCUT2D eigenvalue weighted by atomic mass is 16.4. The van der Waals surface area contributed by atoms with Crippen molar-refractivity contribution in [3.8, 4) is 33.5 Å². The number of rotatable bonds is 4. The van der Waals surface area contributed by atoms with Crippen LogP contribution in [0.4, 0.5) is 0 Å². The van der Waals surface area contributed by atoms with Gasteiger partial charge in [0.05, 0.1) is 5.69 Å². The first-order valence-electron chi connectivity index (χ1n) is 8.79. The summed E-state index contributed by atoms with van der Waals surface area (Å²) < 4.78 is 0. The third kappa shape index (κ3) is 3.82. The van der Waals surface area contributed by atoms with Crippen molar-refractivity contribution in [1.29, 1.82) is 0 Å². The van der Waals surface area contributed by atoms with Gasteiger partial charge in [0.25, 0.3) is 0 Å². The van der Waals surface area contributed by atoms with E-state index < -0.39 is 7.12 Å². The first kappa shape index (κ1) is 17.2. The van der Waals surface area contributed by atoms with Gasteiger partial charge in [-0.2, -0.15) is 0 Å². The lowest BCUT2D eigenvalue weighted by molar-refractivity contribution is 0.426. The molecule has 0 unspecified atom stereocenters. The molecule has 3 aromatic carbocycles. The number of benzene rings is 3. The quantitative estimate of drug-likeness (QED) is 0.551. The summed E-state index contributed by atoms with van der Waals surface area (Å²) in [5.74, 6) is 0. The molecule has 0 saturated heterocycles. The maximum Gasteiger partial charge on any atom is 0.488 e. The zero-order valence-corrected chi connectivity index (χ0v) is 14.7. The van der Waals surface area contributed by atoms with Crippen LogP contribution in [0.25, 0.3) is 33.5 Å². The lowest BCUT2D eigenvalue weighted by atomic mass is 9.77. The molecule has 2 N–H and O–H groups in total. The number of hydrogen-bond acceptors (Lipinski definition) is 3. The third-order valence-electron chi connectivity index (χ3n) is 4.52. The molecule has 3 nitrogen and oxygen atoms in total. The molecule has 1 heterocycles. The van der Waals surface area contributed by atoms with Crippen molar-refractivity contribution in [1.82, 2.24) is 4.98 Å². The molecular weight excluding hydrogens is 333 g/mol. The maximum atomic E-state index is 9.73. The summed E-state index contributed by atoms with van der Waals surface area (Å²) in [7, 11) is -1.54. The minimum absolute atomic E-state index is 0.443. The Morgan fingerprint density at radius 1 is 0.556 bits per heavy atom. The van der Waals surface area contributed by atoms with E-state index in [1.54, 1.807) is 18.3 Å². The molecule has 0 aliphatic carbocycles. The van der Waals surface area contributed by atoms with E-state index in [0.717, 1.165) is 33.5 Å². The largest absolute Gasteiger partial charge is 0.488 e. The van der Waals surface area contributed by atoms with Crippen LogP contribution in [0, 0.1) is 0 Å². The molecule has 4 rings (SSSR count). The summed E-state index contributed by atoms with van der Waals surface area (Å²) in [6, 6.07) is 29.6. The van der Waals surface area contributed by atoms with Crippen molar-refractivity contribution >= 4 is 12.6 Å². The van der Waals surface area contributed by atoms with E-state index >= 15 is 0 Å². The van der Waals surface area contributed by atoms with Gasteiger partial charge in [-0.25, -0.2) is 0 Å². The molecule has 0 fully saturated rings. The molecule has 0 aliphatic rings. The summed E-state index contributed by atoms with van der Waals surface area (Å²) in [4.78, 5) is 4.51. The Balaban J connectivity index is 1.83. The van der Waals surface area contributed by atoms with E-state index in [1.165, 1.54) is 0 Å². The van der Waals surface area contributed by atoms with Crippen LogP contribution in [0.1, 0.15) is 0 Å². The Morgan fingerprint density at radius 2 is 1.15 bits per heavy atom. The molecule has 0 bridgehead atoms. The zero-order chi connectivity index (χ0) is 18.6. The van der Waals surface area contributed by atoms with Gasteiger partial charge in [0.2, 0.25) is 0 Å². The van der Waals surface area contributed by atoms with Gasteiger partial charge in [-0.1, -0.05) is 72.8 Å². The number of pyridine rings is 1. The second kappa shape index (κ2) is 7.58. The second-order valence-electron chi connectivity index (χ2n) is 6.38. The first-order chi connectivity index (χ1) is 13.2. The molecule has 0 spiro atoms. The van der Waals surface area contributed by atoms with Crippen molar-refractivity contribution in [3.63, 3.8) is 0 Å². The van der Waals surface area contributed by atoms with Crippen molar-refractivity contribution in [2.45, 2.75) is 0 Å². The highest BCUT2D eigenvalue weighted by Crippen LogP contribution is 2.27. The van der Waals surface area contributed by atoms with Crippen molar-refractivity contribution in [3.05, 3.63) is 97.2 Å². The molecule has 27 heavy (non-hydrogen) atoms. The van der Waals surface area contributed by atoms with Gasteiger partial charge in [-0.3, -0.25) is 4.98 Å². The minimum Gasteiger partial charge on any atom is -0.423 e. The summed E-state index contributed by atoms with van der Waals surface area (Å²) in [6.45, 7) is 0. The molecule has 4 heteroatoms. The van der Waals surface area contributed by atoms with Crippen LogP contribution in [-0.2, 0) is 0 Å². The minimum atomic E-state index is -1.54. The van der Waals surface area contributed by atoms with Crippen LogP contribution in [0.3, 0.4) is 0 Å². The standard InChI is InChI=1S/C23H18BNO2/c26-24(27)22-14-20(18-9-5-2-6-10-18)13-21(15-22)23-16-19(11-12-25-23)17-7-3-1-4-8-17/h1-16,26-27H. The predicted molar refractivity (Wildman–Crippen MR) is 110 cm³/mol. The Kier molecular flexibility index (Phi) is 4.83. The number of nitrogens with zero attached hydrogens (tertiary/aromatic N) is 1. The smallest absolute Gasteiger partial charge is 0.423 e. The van der Waals surface area contributed by atoms with Crippen LogP contribution in [0.5, 0.6) is 0 Å². The number of aromatic nitrogens is 1. The fourth-order valence-electron chi connectivity index (χ4n) is 3.14. The van der Waals surface area contributed by atoms with Crippen LogP contribution in [-0.4, -0.2) is 22.2 Å². The van der Waals surface area contributed by atoms with E-state index in [9.17, 15) is 10.0 Å². The van der Waals surface area contributed by atoms with E-state index in [-0.39, 0.29) is 0 Å². The summed E-state index contributed by atoms with van der Waals surface area (Å²) in [5.41, 5.74) is 6.19. The fourth-order valence-corrected chi connectivity index (χ4v) is 3.14. The summed E-state index contributed by atoms with van der Waals surface area (Å²) in [5, 5.41) is 19.5. The molecule has 0 atom stereocenters. The van der Waals surface area contributed by atoms with Gasteiger partial charge in [0.15, 0.2) is 0 Å². The monoisotopic (exact) mass is 351 g/mol. The van der Waals surface area contributed by atoms with E-state index in [2.05, 4.69) is 17.1 Å². The Morgan fingerprint density at radius 3 is 1.78 bits per heavy atom. The first-order valence-corrected chi connectivity index (χ1v) is 8.79. The van der Waals surface area contributed by atoms with Gasteiger partial charge in [-0.15, -0.1) is 0 Å². The molecule has 130 valence electrons. The molecule has 4 aromatic rings. The van der Waals surface area contributed by atoms with Crippen LogP contribution < -0.4 is 5.46 Å². The highest BCUT2D eigenvalue weighted by Gasteiger charge is 2.15. The lowest BCUT2D eigenvalue weighted by Gasteiger charge is -2.11. The topological polar surface area (TPSA) is 53.4 Å². The molecule has 0 radical (unpaired) electrons. The third-order valence-corrected chi connectivity index (χ3v) is 4.52. The molecular formula is C23H18BNO2. The second-order valence-corrected chi connectivity index (χ2v) is 6.38. The normalized spacial score (nSPS) is 10.6. The molecule has 0 amide bonds. The van der Waals surface area contributed by atoms with Gasteiger partial charge in [-0.05, 0) is 45.9 Å². The number of hydrogen-bond donors (Lipinski definition) is 2. The van der Waals surface area contributed by atoms with Gasteiger partial charge < -0.3 is 10.0 Å². The Hall–Kier alpha value is -3.21. The zero-order valence-electron chi connectivity index (χ0n) is 14.7. The van der Waals surface area contributed by atoms with Gasteiger partial charge in [0.1, 0.15) is 0 Å². The van der Waals surface area contributed by atoms with E-state index in [1.807, 2.05) is 66.7 Å². The molecule has 1 aromatic heterocycles. The van der Waals surface area contributed by atoms with Crippen LogP contribution in [0.15, 0.2) is 97.2 Å². The van der Waals surface area contributed by atoms with Crippen LogP contribution in [0.2, 0.25) is 0 Å². The maximum absolute atomic E-state index is 9.73. The van der Waals surface area contributed by atoms with Crippen molar-refractivity contribution in [2.75, 3.05) is 0 Å². The van der Waals surface area contributed by atoms with E-state index in [4.69, 9.17) is 0 Å². The van der Waals surface area contributed by atoms with Gasteiger partial charge in [0, 0.05) is 11.8 Å². The van der Waals surface area contributed by atoms with Crippen molar-refractivity contribution < 1.29 is 10.0 Å². The average Bonchev–Trinajstić information content (AvgIpc) is 2.75. The van der Waals surface area contributed by atoms with Gasteiger partial charge >= 0.3 is 7.12 Å². The SMILES string of the molecule is OB(O)c1cc(-c2ccccc2)cc(-c2cc(-c3ccccc3)ccn2)c1. The molecule has 0 saturated carbocycles. The summed E-state index contributed by atoms with van der Waals surface area (Å²) in [6.07, 6.45) is 1.78. The fraction of sp³-hybridized carbons (Fsp3) is 0. The van der Waals surface area contributed by atoms with Crippen LogP contribution >= 0.6 is 0 Å². The van der Waals surface area contributed by atoms with E-state index in [0.29, 0.717) is 5.46 Å². The summed E-state index contributed by atoms with van der Waals surface area (Å²) >= 11 is 0. The highest BCUT2D eigenvalue weighted by molar-refractivity contribution is 6.58. The van der Waals surface area contributed by atoms with Crippen molar-refractivity contribution in [2.24, 2.45) is 0 Å². The molecule has 0 aliphatic heterocycles. The lowest BCUT2D eigenvalue weighted by Crippen LogP contribution is -2.30. The average molecular weight is 351 g/mol.